The fraction of sp³-hybridized carbons (Fsp3) is 0.188. The molecule has 2 atom stereocenters. The highest BCUT2D eigenvalue weighted by molar-refractivity contribution is 5.85. The highest BCUT2D eigenvalue weighted by atomic mass is 35.5. The summed E-state index contributed by atoms with van der Waals surface area (Å²) in [6, 6.07) is 39.7. The van der Waals surface area contributed by atoms with Crippen molar-refractivity contribution in [2.45, 2.75) is 24.0 Å². The third kappa shape index (κ3) is 8.12. The molecule has 0 saturated carbocycles. The zero-order chi connectivity index (χ0) is 25.7. The van der Waals surface area contributed by atoms with E-state index in [9.17, 15) is 10.2 Å². The number of aliphatic hydroxyl groups excluding tert-OH is 2. The van der Waals surface area contributed by atoms with Gasteiger partial charge in [0.25, 0.3) is 0 Å². The van der Waals surface area contributed by atoms with E-state index in [4.69, 9.17) is 4.74 Å². The van der Waals surface area contributed by atoms with Crippen LogP contribution in [0.1, 0.15) is 34.1 Å². The molecule has 0 heterocycles. The molecule has 38 heavy (non-hydrogen) atoms. The summed E-state index contributed by atoms with van der Waals surface area (Å²) in [4.78, 5) is 8.48. The Morgan fingerprint density at radius 1 is 0.500 bits per heavy atom. The van der Waals surface area contributed by atoms with Gasteiger partial charge in [0, 0.05) is 11.8 Å². The van der Waals surface area contributed by atoms with Crippen LogP contribution in [0.4, 0.5) is 0 Å². The third-order valence-electron chi connectivity index (χ3n) is 6.26. The van der Waals surface area contributed by atoms with E-state index >= 15 is 0 Å². The molecule has 0 radical (unpaired) electrons. The van der Waals surface area contributed by atoms with Crippen LogP contribution in [0.15, 0.2) is 131 Å². The smallest absolute Gasteiger partial charge is 0.178 e. The van der Waals surface area contributed by atoms with Crippen molar-refractivity contribution in [2.24, 2.45) is 9.98 Å². The molecule has 196 valence electrons. The summed E-state index contributed by atoms with van der Waals surface area (Å²) in [6.45, 7) is 0.351. The predicted octanol–water partition coefficient (Wildman–Crippen LogP) is 5.87. The zero-order valence-electron chi connectivity index (χ0n) is 21.0. The lowest BCUT2D eigenvalue weighted by atomic mass is 9.86. The first kappa shape index (κ1) is 28.8. The van der Waals surface area contributed by atoms with Crippen LogP contribution in [0.25, 0.3) is 0 Å². The van der Waals surface area contributed by atoms with E-state index in [2.05, 4.69) is 9.98 Å². The number of hydrogen-bond donors (Lipinski definition) is 2. The summed E-state index contributed by atoms with van der Waals surface area (Å²) in [7, 11) is 0. The quantitative estimate of drug-likeness (QED) is 0.178. The molecule has 0 amide bonds. The summed E-state index contributed by atoms with van der Waals surface area (Å²) in [5, 5.41) is 21.9. The lowest BCUT2D eigenvalue weighted by Gasteiger charge is -2.23. The second kappa shape index (κ2) is 15.5. The van der Waals surface area contributed by atoms with Gasteiger partial charge in [-0.25, -0.2) is 0 Å². The standard InChI is InChI=1S/C32H32N2O3.ClH/c35-29(31(25-13-5-1-6-14-25)26-15-7-2-8-16-26)21-33-23-37-24-34-22-30(36)32(27-17-9-3-10-18-27)28-19-11-4-12-20-28;/h1-20,23-24,29-32,35-36H,21-22H2;1H. The average Bonchev–Trinajstić information content (AvgIpc) is 2.95. The Bertz CT molecular complexity index is 1060. The maximum atomic E-state index is 10.9. The van der Waals surface area contributed by atoms with Gasteiger partial charge in [-0.05, 0) is 22.3 Å². The molecule has 0 fully saturated rings. The minimum atomic E-state index is -0.721. The van der Waals surface area contributed by atoms with Crippen LogP contribution in [0.3, 0.4) is 0 Å². The summed E-state index contributed by atoms with van der Waals surface area (Å²) >= 11 is 0. The summed E-state index contributed by atoms with van der Waals surface area (Å²) in [5.41, 5.74) is 4.11. The molecule has 4 rings (SSSR count). The molecular formula is C32H33ClN2O3. The van der Waals surface area contributed by atoms with Crippen LogP contribution in [-0.4, -0.2) is 48.3 Å². The van der Waals surface area contributed by atoms with Gasteiger partial charge in [-0.15, -0.1) is 12.4 Å². The minimum Gasteiger partial charge on any atom is -0.435 e. The molecule has 4 aromatic rings. The number of ether oxygens (including phenoxy) is 1. The predicted molar refractivity (Wildman–Crippen MR) is 157 cm³/mol. The van der Waals surface area contributed by atoms with E-state index in [1.54, 1.807) is 0 Å². The van der Waals surface area contributed by atoms with Gasteiger partial charge >= 0.3 is 0 Å². The van der Waals surface area contributed by atoms with E-state index in [-0.39, 0.29) is 37.3 Å². The van der Waals surface area contributed by atoms with E-state index in [1.165, 1.54) is 12.8 Å². The molecule has 4 aromatic carbocycles. The van der Waals surface area contributed by atoms with Gasteiger partial charge in [-0.3, -0.25) is 9.98 Å². The van der Waals surface area contributed by atoms with Crippen molar-refractivity contribution in [3.63, 3.8) is 0 Å². The number of halogens is 1. The van der Waals surface area contributed by atoms with Gasteiger partial charge in [0.05, 0.1) is 25.3 Å². The number of nitrogens with zero attached hydrogens (tertiary/aromatic N) is 2. The third-order valence-corrected chi connectivity index (χ3v) is 6.26. The van der Waals surface area contributed by atoms with Gasteiger partial charge < -0.3 is 14.9 Å². The maximum absolute atomic E-state index is 10.9. The molecule has 0 aromatic heterocycles. The average molecular weight is 529 g/mol. The van der Waals surface area contributed by atoms with Crippen molar-refractivity contribution < 1.29 is 14.9 Å². The number of aliphatic imine (C=N–C) groups is 2. The molecule has 2 unspecified atom stereocenters. The highest BCUT2D eigenvalue weighted by Crippen LogP contribution is 2.29. The van der Waals surface area contributed by atoms with Crippen LogP contribution in [0.5, 0.6) is 0 Å². The SMILES string of the molecule is Cl.OC(CN=COC=NCC(O)C(c1ccccc1)c1ccccc1)C(c1ccccc1)c1ccccc1. The Kier molecular flexibility index (Phi) is 11.7. The van der Waals surface area contributed by atoms with Gasteiger partial charge in [-0.1, -0.05) is 121 Å². The molecule has 0 saturated heterocycles. The number of benzene rings is 4. The van der Waals surface area contributed by atoms with Crippen LogP contribution in [-0.2, 0) is 4.74 Å². The van der Waals surface area contributed by atoms with E-state index in [0.717, 1.165) is 22.3 Å². The fourth-order valence-electron chi connectivity index (χ4n) is 4.54. The number of rotatable bonds is 12. The Morgan fingerprint density at radius 2 is 0.763 bits per heavy atom. The largest absolute Gasteiger partial charge is 0.435 e. The van der Waals surface area contributed by atoms with E-state index in [0.29, 0.717) is 0 Å². The topological polar surface area (TPSA) is 74.4 Å². The first-order chi connectivity index (χ1) is 18.2. The van der Waals surface area contributed by atoms with Crippen molar-refractivity contribution in [2.75, 3.05) is 13.1 Å². The Labute approximate surface area is 230 Å². The van der Waals surface area contributed by atoms with Crippen LogP contribution >= 0.6 is 12.4 Å². The lowest BCUT2D eigenvalue weighted by molar-refractivity contribution is 0.165. The van der Waals surface area contributed by atoms with E-state index < -0.39 is 12.2 Å². The monoisotopic (exact) mass is 528 g/mol. The van der Waals surface area contributed by atoms with Crippen LogP contribution < -0.4 is 0 Å². The summed E-state index contributed by atoms with van der Waals surface area (Å²) in [5.74, 6) is -0.396. The minimum absolute atomic E-state index is 0. The fourth-order valence-corrected chi connectivity index (χ4v) is 4.54. The normalized spacial score (nSPS) is 13.1. The molecule has 0 aliphatic rings. The Hall–Kier alpha value is -3.77. The molecular weight excluding hydrogens is 496 g/mol. The van der Waals surface area contributed by atoms with E-state index in [1.807, 2.05) is 121 Å². The Balaban J connectivity index is 0.00000400. The van der Waals surface area contributed by atoms with Crippen LogP contribution in [0, 0.1) is 0 Å². The van der Waals surface area contributed by atoms with Crippen molar-refractivity contribution in [1.82, 2.24) is 0 Å². The number of hydrogen-bond acceptors (Lipinski definition) is 5. The number of aliphatic hydroxyl groups is 2. The van der Waals surface area contributed by atoms with Crippen molar-refractivity contribution in [1.29, 1.82) is 0 Å². The highest BCUT2D eigenvalue weighted by Gasteiger charge is 2.23. The summed E-state index contributed by atoms with van der Waals surface area (Å²) in [6.07, 6.45) is 1.11. The molecule has 2 N–H and O–H groups in total. The second-order valence-electron chi connectivity index (χ2n) is 8.81. The maximum Gasteiger partial charge on any atom is 0.178 e. The van der Waals surface area contributed by atoms with Crippen molar-refractivity contribution in [3.8, 4) is 0 Å². The van der Waals surface area contributed by atoms with Crippen molar-refractivity contribution >= 4 is 25.2 Å². The lowest BCUT2D eigenvalue weighted by Crippen LogP contribution is -2.23. The van der Waals surface area contributed by atoms with Gasteiger partial charge in [0.15, 0.2) is 12.8 Å². The second-order valence-corrected chi connectivity index (χ2v) is 8.81. The van der Waals surface area contributed by atoms with Crippen LogP contribution in [0.2, 0.25) is 0 Å². The first-order valence-electron chi connectivity index (χ1n) is 12.4. The van der Waals surface area contributed by atoms with Gasteiger partial charge in [-0.2, -0.15) is 0 Å². The molecule has 6 heteroatoms. The zero-order valence-corrected chi connectivity index (χ0v) is 21.8. The van der Waals surface area contributed by atoms with Gasteiger partial charge in [0.2, 0.25) is 0 Å². The molecule has 0 aliphatic carbocycles. The van der Waals surface area contributed by atoms with Gasteiger partial charge in [0.1, 0.15) is 0 Å². The molecule has 0 bridgehead atoms. The molecule has 5 nitrogen and oxygen atoms in total. The summed E-state index contributed by atoms with van der Waals surface area (Å²) < 4.78 is 5.31. The Morgan fingerprint density at radius 3 is 1.03 bits per heavy atom. The van der Waals surface area contributed by atoms with Crippen molar-refractivity contribution in [3.05, 3.63) is 144 Å². The molecule has 0 aliphatic heterocycles. The first-order valence-corrected chi connectivity index (χ1v) is 12.4. The molecule has 0 spiro atoms.